The van der Waals surface area contributed by atoms with Crippen LogP contribution < -0.4 is 20.4 Å². The largest absolute Gasteiger partial charge is 4.00 e. The van der Waals surface area contributed by atoms with Gasteiger partial charge in [-0.05, 0) is 48.5 Å². The van der Waals surface area contributed by atoms with Crippen LogP contribution in [0.4, 0.5) is 0 Å². The summed E-state index contributed by atoms with van der Waals surface area (Å²) in [4.78, 5) is 77.1. The Kier molecular flexibility index (Phi) is 20.2. The summed E-state index contributed by atoms with van der Waals surface area (Å²) < 4.78 is 0. The number of pyridine rings is 4. The van der Waals surface area contributed by atoms with Crippen LogP contribution in [0, 0.1) is 0 Å². The van der Waals surface area contributed by atoms with Crippen molar-refractivity contribution in [1.82, 2.24) is 19.9 Å². The number of carbonyl (C=O) groups is 6. The maximum Gasteiger partial charge on any atom is 4.00 e. The number of carbonyl (C=O) groups excluding carboxylic acids is 4. The van der Waals surface area contributed by atoms with Crippen molar-refractivity contribution in [3.63, 3.8) is 0 Å². The number of hydrogen-bond acceptors (Lipinski definition) is 16. The van der Waals surface area contributed by atoms with Gasteiger partial charge in [0.2, 0.25) is 0 Å². The van der Waals surface area contributed by atoms with E-state index in [0.717, 1.165) is 22.8 Å². The molecule has 51 heavy (non-hydrogen) atoms. The number of nitrogens with zero attached hydrogens (tertiary/aromatic N) is 4. The zero-order valence-electron chi connectivity index (χ0n) is 26.2. The van der Waals surface area contributed by atoms with E-state index in [0.29, 0.717) is 0 Å². The Hall–Kier alpha value is -5.78. The van der Waals surface area contributed by atoms with Crippen LogP contribution in [0.25, 0.3) is 22.8 Å². The molecule has 19 heteroatoms. The van der Waals surface area contributed by atoms with Crippen LogP contribution in [0.3, 0.4) is 0 Å². The normalized spacial score (nSPS) is 11.0. The Balaban J connectivity index is 0.000000649. The molecule has 264 valence electrons. The number of carboxylic acid groups (broad SMARTS) is 6. The predicted octanol–water partition coefficient (Wildman–Crippen LogP) is -3.55. The molecular weight excluding hydrogens is 756 g/mol. The Morgan fingerprint density at radius 1 is 0.490 bits per heavy atom. The van der Waals surface area contributed by atoms with Gasteiger partial charge in [0.15, 0.2) is 5.60 Å². The van der Waals surface area contributed by atoms with Gasteiger partial charge < -0.3 is 60.0 Å². The van der Waals surface area contributed by atoms with Crippen LogP contribution in [0.5, 0.6) is 0 Å². The molecule has 1 atom stereocenters. The molecular formula is C32H28N4O14Zr. The van der Waals surface area contributed by atoms with Gasteiger partial charge >= 0.3 is 38.1 Å². The van der Waals surface area contributed by atoms with Crippen LogP contribution in [0.2, 0.25) is 0 Å². The Morgan fingerprint density at radius 2 is 0.765 bits per heavy atom. The van der Waals surface area contributed by atoms with Gasteiger partial charge in [-0.3, -0.25) is 24.7 Å². The van der Waals surface area contributed by atoms with Gasteiger partial charge in [0.1, 0.15) is 5.60 Å². The quantitative estimate of drug-likeness (QED) is 0.108. The van der Waals surface area contributed by atoms with Gasteiger partial charge in [0.05, 0.1) is 35.2 Å². The molecule has 1 unspecified atom stereocenters. The third kappa shape index (κ3) is 18.0. The molecule has 0 aliphatic heterocycles. The van der Waals surface area contributed by atoms with E-state index in [-0.39, 0.29) is 26.2 Å². The standard InChI is InChI=1S/2C10H8N2.2C6H8O7.Zr/c2*1-3-7-11-9(5-1)10-6-2-4-8-12-10;2*7-3(8)1-6(13,5(11)12)2-4(9)10;/h2*1-8H;2*13H,1-2H2,(H,7,8)(H,9,10)(H,11,12);/q;;;;+4/p-4. The van der Waals surface area contributed by atoms with Crippen LogP contribution in [0.15, 0.2) is 97.6 Å². The van der Waals surface area contributed by atoms with E-state index in [1.165, 1.54) is 0 Å². The van der Waals surface area contributed by atoms with E-state index >= 15 is 0 Å². The Morgan fingerprint density at radius 3 is 0.941 bits per heavy atom. The minimum absolute atomic E-state index is 0. The number of rotatable bonds is 12. The fourth-order valence-electron chi connectivity index (χ4n) is 3.44. The maximum atomic E-state index is 10.3. The van der Waals surface area contributed by atoms with Crippen LogP contribution in [-0.4, -0.2) is 87.4 Å². The van der Waals surface area contributed by atoms with E-state index in [9.17, 15) is 49.2 Å². The van der Waals surface area contributed by atoms with Crippen LogP contribution >= 0.6 is 0 Å². The first-order valence-electron chi connectivity index (χ1n) is 13.8. The van der Waals surface area contributed by atoms with Gasteiger partial charge in [-0.25, -0.2) is 4.79 Å². The number of hydrogen-bond donors (Lipinski definition) is 4. The van der Waals surface area contributed by atoms with E-state index < -0.39 is 72.7 Å². The summed E-state index contributed by atoms with van der Waals surface area (Å²) in [7, 11) is 0. The second kappa shape index (κ2) is 22.8. The van der Waals surface area contributed by atoms with Crippen molar-refractivity contribution >= 4 is 35.8 Å². The molecule has 0 radical (unpaired) electrons. The molecule has 0 aromatic carbocycles. The molecule has 4 aromatic heterocycles. The van der Waals surface area contributed by atoms with Gasteiger partial charge in [-0.2, -0.15) is 0 Å². The summed E-state index contributed by atoms with van der Waals surface area (Å²) in [6.45, 7) is 0. The first-order valence-corrected chi connectivity index (χ1v) is 13.8. The molecule has 4 heterocycles. The Bertz CT molecular complexity index is 1470. The van der Waals surface area contributed by atoms with E-state index in [1.54, 1.807) is 24.8 Å². The van der Waals surface area contributed by atoms with E-state index in [1.807, 2.05) is 72.8 Å². The molecule has 4 N–H and O–H groups in total. The molecule has 18 nitrogen and oxygen atoms in total. The molecule has 0 saturated carbocycles. The predicted molar refractivity (Wildman–Crippen MR) is 159 cm³/mol. The van der Waals surface area contributed by atoms with Crippen molar-refractivity contribution in [2.24, 2.45) is 0 Å². The molecule has 0 fully saturated rings. The first kappa shape index (κ1) is 45.2. The van der Waals surface area contributed by atoms with Gasteiger partial charge in [-0.1, -0.05) is 24.3 Å². The topological polar surface area (TPSA) is 327 Å². The molecule has 0 aliphatic rings. The van der Waals surface area contributed by atoms with Gasteiger partial charge in [-0.15, -0.1) is 0 Å². The van der Waals surface area contributed by atoms with E-state index in [4.69, 9.17) is 20.4 Å². The van der Waals surface area contributed by atoms with Crippen molar-refractivity contribution in [3.8, 4) is 22.8 Å². The monoisotopic (exact) mass is 782 g/mol. The minimum atomic E-state index is -2.97. The van der Waals surface area contributed by atoms with Crippen molar-refractivity contribution in [2.75, 3.05) is 0 Å². The molecule has 4 rings (SSSR count). The third-order valence-corrected chi connectivity index (χ3v) is 5.72. The number of aliphatic carboxylic acids is 6. The number of aromatic nitrogens is 4. The zero-order chi connectivity index (χ0) is 37.7. The summed E-state index contributed by atoms with van der Waals surface area (Å²) >= 11 is 0. The summed E-state index contributed by atoms with van der Waals surface area (Å²) in [5, 5.41) is 74.4. The summed E-state index contributed by atoms with van der Waals surface area (Å²) in [5.41, 5.74) is -2.12. The fraction of sp³-hybridized carbons (Fsp3) is 0.188. The smallest absolute Gasteiger partial charge is 0.550 e. The maximum absolute atomic E-state index is 10.3. The molecule has 0 saturated heterocycles. The molecule has 4 aromatic rings. The molecule has 0 amide bonds. The van der Waals surface area contributed by atoms with Crippen molar-refractivity contribution in [3.05, 3.63) is 97.6 Å². The van der Waals surface area contributed by atoms with Crippen molar-refractivity contribution < 1.29 is 95.8 Å². The average molecular weight is 784 g/mol. The second-order valence-corrected chi connectivity index (χ2v) is 9.73. The molecule has 0 spiro atoms. The van der Waals surface area contributed by atoms with Crippen molar-refractivity contribution in [2.45, 2.75) is 36.9 Å². The van der Waals surface area contributed by atoms with Crippen LogP contribution in [-0.2, 0) is 55.0 Å². The SMILES string of the molecule is O=C([O-])CC(O)(CC(=O)O)C(=O)O.O=C([O-])CC(O)(CC(=O)[O-])C(=O)[O-].[Zr+4].c1ccc(-c2ccccn2)nc1.c1ccc(-c2ccccn2)nc1. The average Bonchev–Trinajstić information content (AvgIpc) is 3.06. The van der Waals surface area contributed by atoms with Crippen LogP contribution in [0.1, 0.15) is 25.7 Å². The number of aliphatic hydroxyl groups is 2. The van der Waals surface area contributed by atoms with Crippen molar-refractivity contribution in [1.29, 1.82) is 0 Å². The van der Waals surface area contributed by atoms with Gasteiger partial charge in [0.25, 0.3) is 0 Å². The summed E-state index contributed by atoms with van der Waals surface area (Å²) in [5.74, 6) is -11.3. The summed E-state index contributed by atoms with van der Waals surface area (Å²) in [6.07, 6.45) is 1.92. The van der Waals surface area contributed by atoms with Gasteiger partial charge in [0, 0.05) is 62.0 Å². The summed E-state index contributed by atoms with van der Waals surface area (Å²) in [6, 6.07) is 23.2. The third-order valence-electron chi connectivity index (χ3n) is 5.72. The fourth-order valence-corrected chi connectivity index (χ4v) is 3.44. The molecule has 0 bridgehead atoms. The molecule has 0 aliphatic carbocycles. The minimum Gasteiger partial charge on any atom is -0.550 e. The zero-order valence-corrected chi connectivity index (χ0v) is 28.7. The van der Waals surface area contributed by atoms with E-state index in [2.05, 4.69) is 19.9 Å². The number of carboxylic acids is 6. The Labute approximate surface area is 307 Å². The second-order valence-electron chi connectivity index (χ2n) is 9.73. The first-order chi connectivity index (χ1) is 23.5.